The summed E-state index contributed by atoms with van der Waals surface area (Å²) in [5.41, 5.74) is 10.6. The standard InChI is InChI=1S/C21H23N3O2/c22-18-10-5-6-14-11-12-15(23-19(14)18)7-3-4-13-24-20(25)16-8-1-2-9-17(16)21(24)26/h1-2,8-9,11-12,18H,3-7,10,13,22H2. The van der Waals surface area contributed by atoms with E-state index in [4.69, 9.17) is 10.7 Å². The Morgan fingerprint density at radius 1 is 1.04 bits per heavy atom. The van der Waals surface area contributed by atoms with Gasteiger partial charge in [-0.2, -0.15) is 0 Å². The summed E-state index contributed by atoms with van der Waals surface area (Å²) < 4.78 is 0. The molecule has 26 heavy (non-hydrogen) atoms. The summed E-state index contributed by atoms with van der Waals surface area (Å²) >= 11 is 0. The number of carbonyl (C=O) groups is 2. The van der Waals surface area contributed by atoms with Gasteiger partial charge in [-0.05, 0) is 62.3 Å². The van der Waals surface area contributed by atoms with Crippen LogP contribution in [0.5, 0.6) is 0 Å². The first kappa shape index (κ1) is 16.9. The Hall–Kier alpha value is -2.53. The lowest BCUT2D eigenvalue weighted by Gasteiger charge is -2.21. The number of aromatic nitrogens is 1. The molecule has 1 aliphatic heterocycles. The third-order valence-electron chi connectivity index (χ3n) is 5.33. The molecule has 2 amide bonds. The number of pyridine rings is 1. The van der Waals surface area contributed by atoms with E-state index in [1.165, 1.54) is 10.5 Å². The van der Waals surface area contributed by atoms with Crippen molar-refractivity contribution in [2.45, 2.75) is 44.6 Å². The van der Waals surface area contributed by atoms with Crippen molar-refractivity contribution >= 4 is 11.8 Å². The van der Waals surface area contributed by atoms with Crippen molar-refractivity contribution in [3.8, 4) is 0 Å². The molecule has 0 saturated carbocycles. The number of fused-ring (bicyclic) bond motifs is 2. The van der Waals surface area contributed by atoms with Crippen LogP contribution in [0.25, 0.3) is 0 Å². The van der Waals surface area contributed by atoms with Crippen molar-refractivity contribution in [1.82, 2.24) is 9.88 Å². The maximum Gasteiger partial charge on any atom is 0.261 e. The number of nitrogens with two attached hydrogens (primary N) is 1. The molecule has 2 aromatic rings. The molecule has 0 spiro atoms. The Morgan fingerprint density at radius 3 is 2.50 bits per heavy atom. The Kier molecular flexibility index (Phi) is 4.55. The first-order valence-electron chi connectivity index (χ1n) is 9.34. The Morgan fingerprint density at radius 2 is 1.77 bits per heavy atom. The van der Waals surface area contributed by atoms with Crippen molar-refractivity contribution < 1.29 is 9.59 Å². The van der Waals surface area contributed by atoms with Gasteiger partial charge >= 0.3 is 0 Å². The first-order valence-corrected chi connectivity index (χ1v) is 9.34. The van der Waals surface area contributed by atoms with Gasteiger partial charge in [0.2, 0.25) is 0 Å². The summed E-state index contributed by atoms with van der Waals surface area (Å²) in [5.74, 6) is -0.355. The molecule has 0 bridgehead atoms. The Balaban J connectivity index is 1.33. The van der Waals surface area contributed by atoms with Crippen LogP contribution in [0.2, 0.25) is 0 Å². The topological polar surface area (TPSA) is 76.3 Å². The van der Waals surface area contributed by atoms with Gasteiger partial charge in [0.1, 0.15) is 0 Å². The number of hydrogen-bond acceptors (Lipinski definition) is 4. The number of rotatable bonds is 5. The average Bonchev–Trinajstić information content (AvgIpc) is 2.91. The summed E-state index contributed by atoms with van der Waals surface area (Å²) in [5, 5.41) is 0. The number of benzene rings is 1. The predicted molar refractivity (Wildman–Crippen MR) is 98.9 cm³/mol. The zero-order chi connectivity index (χ0) is 18.1. The molecule has 4 rings (SSSR count). The molecule has 1 aliphatic carbocycles. The minimum atomic E-state index is -0.177. The molecule has 0 saturated heterocycles. The highest BCUT2D eigenvalue weighted by molar-refractivity contribution is 6.21. The lowest BCUT2D eigenvalue weighted by atomic mass is 9.92. The molecule has 1 aromatic heterocycles. The molecule has 0 fully saturated rings. The summed E-state index contributed by atoms with van der Waals surface area (Å²) in [6, 6.07) is 11.3. The molecule has 5 nitrogen and oxygen atoms in total. The molecule has 1 unspecified atom stereocenters. The summed E-state index contributed by atoms with van der Waals surface area (Å²) in [6.45, 7) is 0.455. The maximum absolute atomic E-state index is 12.3. The number of imide groups is 1. The van der Waals surface area contributed by atoms with Gasteiger partial charge in [-0.3, -0.25) is 19.5 Å². The van der Waals surface area contributed by atoms with Crippen molar-refractivity contribution in [1.29, 1.82) is 0 Å². The zero-order valence-electron chi connectivity index (χ0n) is 14.8. The fourth-order valence-electron chi connectivity index (χ4n) is 3.89. The van der Waals surface area contributed by atoms with Crippen molar-refractivity contribution in [3.05, 3.63) is 64.5 Å². The SMILES string of the molecule is NC1CCCc2ccc(CCCCN3C(=O)c4ccccc4C3=O)nc21. The van der Waals surface area contributed by atoms with E-state index in [0.717, 1.165) is 49.9 Å². The summed E-state index contributed by atoms with van der Waals surface area (Å²) in [6.07, 6.45) is 5.70. The average molecular weight is 349 g/mol. The van der Waals surface area contributed by atoms with Crippen LogP contribution in [0.3, 0.4) is 0 Å². The van der Waals surface area contributed by atoms with Crippen LogP contribution >= 0.6 is 0 Å². The monoisotopic (exact) mass is 349 g/mol. The number of carbonyl (C=O) groups excluding carboxylic acids is 2. The van der Waals surface area contributed by atoms with Gasteiger partial charge in [-0.1, -0.05) is 18.2 Å². The molecule has 2 heterocycles. The number of aryl methyl sites for hydroxylation is 2. The van der Waals surface area contributed by atoms with Crippen LogP contribution in [0, 0.1) is 0 Å². The van der Waals surface area contributed by atoms with Gasteiger partial charge in [0, 0.05) is 18.3 Å². The highest BCUT2D eigenvalue weighted by atomic mass is 16.2. The fourth-order valence-corrected chi connectivity index (χ4v) is 3.89. The van der Waals surface area contributed by atoms with E-state index in [2.05, 4.69) is 12.1 Å². The van der Waals surface area contributed by atoms with E-state index in [1.807, 2.05) is 0 Å². The number of unbranched alkanes of at least 4 members (excludes halogenated alkanes) is 1. The lowest BCUT2D eigenvalue weighted by molar-refractivity contribution is 0.0652. The van der Waals surface area contributed by atoms with E-state index in [9.17, 15) is 9.59 Å². The van der Waals surface area contributed by atoms with Crippen molar-refractivity contribution in [2.24, 2.45) is 5.73 Å². The minimum Gasteiger partial charge on any atom is -0.323 e. The summed E-state index contributed by atoms with van der Waals surface area (Å²) in [7, 11) is 0. The van der Waals surface area contributed by atoms with E-state index >= 15 is 0 Å². The van der Waals surface area contributed by atoms with Crippen molar-refractivity contribution in [3.63, 3.8) is 0 Å². The van der Waals surface area contributed by atoms with Gasteiger partial charge in [-0.15, -0.1) is 0 Å². The van der Waals surface area contributed by atoms with Crippen LogP contribution < -0.4 is 5.73 Å². The zero-order valence-corrected chi connectivity index (χ0v) is 14.8. The molecule has 2 N–H and O–H groups in total. The highest BCUT2D eigenvalue weighted by Crippen LogP contribution is 2.27. The van der Waals surface area contributed by atoms with Crippen LogP contribution in [0.4, 0.5) is 0 Å². The Bertz CT molecular complexity index is 827. The molecular formula is C21H23N3O2. The van der Waals surface area contributed by atoms with E-state index < -0.39 is 0 Å². The first-order chi connectivity index (χ1) is 12.6. The van der Waals surface area contributed by atoms with Crippen LogP contribution in [0.1, 0.15) is 69.4 Å². The van der Waals surface area contributed by atoms with Crippen LogP contribution in [0.15, 0.2) is 36.4 Å². The molecule has 134 valence electrons. The minimum absolute atomic E-state index is 0.0528. The quantitative estimate of drug-likeness (QED) is 0.665. The molecule has 1 aromatic carbocycles. The molecule has 2 aliphatic rings. The summed E-state index contributed by atoms with van der Waals surface area (Å²) in [4.78, 5) is 30.8. The van der Waals surface area contributed by atoms with E-state index in [1.54, 1.807) is 24.3 Å². The third kappa shape index (κ3) is 3.03. The van der Waals surface area contributed by atoms with Gasteiger partial charge in [-0.25, -0.2) is 0 Å². The second-order valence-corrected chi connectivity index (χ2v) is 7.11. The van der Waals surface area contributed by atoms with Gasteiger partial charge in [0.25, 0.3) is 11.8 Å². The normalized spacial score (nSPS) is 18.8. The van der Waals surface area contributed by atoms with Crippen molar-refractivity contribution in [2.75, 3.05) is 6.54 Å². The molecular weight excluding hydrogens is 326 g/mol. The Labute approximate surface area is 153 Å². The van der Waals surface area contributed by atoms with E-state index in [0.29, 0.717) is 17.7 Å². The second kappa shape index (κ2) is 7.00. The second-order valence-electron chi connectivity index (χ2n) is 7.11. The number of hydrogen-bond donors (Lipinski definition) is 1. The van der Waals surface area contributed by atoms with Crippen LogP contribution in [-0.4, -0.2) is 28.2 Å². The smallest absolute Gasteiger partial charge is 0.261 e. The maximum atomic E-state index is 12.3. The number of amides is 2. The van der Waals surface area contributed by atoms with E-state index in [-0.39, 0.29) is 17.9 Å². The highest BCUT2D eigenvalue weighted by Gasteiger charge is 2.34. The fraction of sp³-hybridized carbons (Fsp3) is 0.381. The molecule has 1 atom stereocenters. The third-order valence-corrected chi connectivity index (χ3v) is 5.33. The van der Waals surface area contributed by atoms with Gasteiger partial charge in [0.05, 0.1) is 16.8 Å². The van der Waals surface area contributed by atoms with Gasteiger partial charge < -0.3 is 5.73 Å². The largest absolute Gasteiger partial charge is 0.323 e. The lowest BCUT2D eigenvalue weighted by Crippen LogP contribution is -2.30. The number of nitrogens with zero attached hydrogens (tertiary/aromatic N) is 2. The van der Waals surface area contributed by atoms with Crippen LogP contribution in [-0.2, 0) is 12.8 Å². The molecule has 0 radical (unpaired) electrons. The molecule has 5 heteroatoms. The predicted octanol–water partition coefficient (Wildman–Crippen LogP) is 3.04. The van der Waals surface area contributed by atoms with Gasteiger partial charge in [0.15, 0.2) is 0 Å².